The van der Waals surface area contributed by atoms with Crippen molar-refractivity contribution in [2.75, 3.05) is 6.61 Å². The Morgan fingerprint density at radius 1 is 1.45 bits per heavy atom. The highest BCUT2D eigenvalue weighted by molar-refractivity contribution is 5.03. The number of aromatic amines is 1. The quantitative estimate of drug-likeness (QED) is 0.636. The summed E-state index contributed by atoms with van der Waals surface area (Å²) in [5.41, 5.74) is -0.855. The standard InChI is InChI=1S/C13H16N4O5/c1-7-5-16(13(21)15-11(7)20)12-10(19)9(8(6-18)22-12)17-4-2-3-14-17/h2-5,8-10,12,18-19H,6H2,1H3,(H,15,20,21)/t8-,9-,10+,12-/m1/s1. The monoisotopic (exact) mass is 308 g/mol. The van der Waals surface area contributed by atoms with Crippen molar-refractivity contribution in [2.24, 2.45) is 0 Å². The second kappa shape index (κ2) is 5.52. The summed E-state index contributed by atoms with van der Waals surface area (Å²) >= 11 is 0. The maximum atomic E-state index is 11.9. The number of H-pyrrole nitrogens is 1. The molecule has 1 fully saturated rings. The van der Waals surface area contributed by atoms with Crippen LogP contribution in [0.3, 0.4) is 0 Å². The summed E-state index contributed by atoms with van der Waals surface area (Å²) in [4.78, 5) is 25.5. The van der Waals surface area contributed by atoms with Gasteiger partial charge in [0.2, 0.25) is 0 Å². The number of rotatable bonds is 3. The number of aliphatic hydroxyl groups is 2. The Bertz CT molecular complexity index is 765. The Morgan fingerprint density at radius 2 is 2.23 bits per heavy atom. The van der Waals surface area contributed by atoms with Crippen LogP contribution in [0.4, 0.5) is 0 Å². The van der Waals surface area contributed by atoms with E-state index < -0.39 is 35.7 Å². The van der Waals surface area contributed by atoms with Gasteiger partial charge < -0.3 is 14.9 Å². The van der Waals surface area contributed by atoms with Crippen LogP contribution in [0, 0.1) is 6.92 Å². The second-order valence-corrected chi connectivity index (χ2v) is 5.19. The van der Waals surface area contributed by atoms with Crippen LogP contribution in [0.25, 0.3) is 0 Å². The van der Waals surface area contributed by atoms with Crippen molar-refractivity contribution in [1.29, 1.82) is 0 Å². The molecule has 1 aliphatic rings. The summed E-state index contributed by atoms with van der Waals surface area (Å²) < 4.78 is 8.20. The fourth-order valence-electron chi connectivity index (χ4n) is 2.67. The largest absolute Gasteiger partial charge is 0.394 e. The van der Waals surface area contributed by atoms with Crippen molar-refractivity contribution in [2.45, 2.75) is 31.4 Å². The maximum absolute atomic E-state index is 11.9. The van der Waals surface area contributed by atoms with E-state index in [0.717, 1.165) is 4.57 Å². The molecule has 0 radical (unpaired) electrons. The Balaban J connectivity index is 2.01. The molecular formula is C13H16N4O5. The van der Waals surface area contributed by atoms with Gasteiger partial charge in [0.1, 0.15) is 18.2 Å². The number of ether oxygens (including phenoxy) is 1. The minimum absolute atomic E-state index is 0.318. The molecule has 0 unspecified atom stereocenters. The van der Waals surface area contributed by atoms with Gasteiger partial charge in [-0.1, -0.05) is 0 Å². The molecule has 0 saturated carbocycles. The molecule has 0 spiro atoms. The van der Waals surface area contributed by atoms with Gasteiger partial charge in [-0.05, 0) is 13.0 Å². The average molecular weight is 308 g/mol. The third-order valence-electron chi connectivity index (χ3n) is 3.77. The Morgan fingerprint density at radius 3 is 2.86 bits per heavy atom. The van der Waals surface area contributed by atoms with E-state index in [9.17, 15) is 19.8 Å². The molecule has 9 nitrogen and oxygen atoms in total. The molecule has 2 aromatic rings. The topological polar surface area (TPSA) is 122 Å². The third kappa shape index (κ3) is 2.28. The smallest absolute Gasteiger partial charge is 0.330 e. The van der Waals surface area contributed by atoms with Crippen LogP contribution in [-0.4, -0.2) is 48.4 Å². The molecular weight excluding hydrogens is 292 g/mol. The number of aryl methyl sites for hydroxylation is 1. The highest BCUT2D eigenvalue weighted by Crippen LogP contribution is 2.35. The highest BCUT2D eigenvalue weighted by atomic mass is 16.5. The summed E-state index contributed by atoms with van der Waals surface area (Å²) in [6.45, 7) is 1.21. The SMILES string of the molecule is Cc1cn([C@@H]2O[C@H](CO)[C@@H](n3cccn3)[C@@H]2O)c(=O)[nH]c1=O. The molecule has 0 aliphatic carbocycles. The van der Waals surface area contributed by atoms with Crippen LogP contribution < -0.4 is 11.2 Å². The van der Waals surface area contributed by atoms with E-state index in [0.29, 0.717) is 5.56 Å². The number of nitrogens with one attached hydrogen (secondary N) is 1. The van der Waals surface area contributed by atoms with Crippen molar-refractivity contribution in [3.8, 4) is 0 Å². The minimum Gasteiger partial charge on any atom is -0.394 e. The molecule has 3 N–H and O–H groups in total. The van der Waals surface area contributed by atoms with Gasteiger partial charge in [-0.3, -0.25) is 19.0 Å². The summed E-state index contributed by atoms with van der Waals surface area (Å²) in [5.74, 6) is 0. The van der Waals surface area contributed by atoms with Crippen LogP contribution in [0.2, 0.25) is 0 Å². The van der Waals surface area contributed by atoms with Crippen LogP contribution >= 0.6 is 0 Å². The first-order chi connectivity index (χ1) is 10.5. The number of nitrogens with zero attached hydrogens (tertiary/aromatic N) is 3. The fourth-order valence-corrected chi connectivity index (χ4v) is 2.67. The molecule has 3 heterocycles. The third-order valence-corrected chi connectivity index (χ3v) is 3.77. The fraction of sp³-hybridized carbons (Fsp3) is 0.462. The maximum Gasteiger partial charge on any atom is 0.330 e. The van der Waals surface area contributed by atoms with E-state index >= 15 is 0 Å². The van der Waals surface area contributed by atoms with Gasteiger partial charge >= 0.3 is 5.69 Å². The van der Waals surface area contributed by atoms with E-state index in [1.165, 1.54) is 10.9 Å². The zero-order valence-corrected chi connectivity index (χ0v) is 11.8. The molecule has 0 amide bonds. The lowest BCUT2D eigenvalue weighted by atomic mass is 10.1. The van der Waals surface area contributed by atoms with Gasteiger partial charge in [0, 0.05) is 24.2 Å². The average Bonchev–Trinajstić information content (AvgIpc) is 3.10. The molecule has 2 aromatic heterocycles. The van der Waals surface area contributed by atoms with Gasteiger partial charge in [-0.25, -0.2) is 4.79 Å². The van der Waals surface area contributed by atoms with E-state index in [-0.39, 0.29) is 6.61 Å². The predicted octanol–water partition coefficient (Wildman–Crippen LogP) is -1.47. The van der Waals surface area contributed by atoms with Gasteiger partial charge in [-0.2, -0.15) is 5.10 Å². The first kappa shape index (κ1) is 14.7. The Hall–Kier alpha value is -2.23. The lowest BCUT2D eigenvalue weighted by Gasteiger charge is -2.20. The van der Waals surface area contributed by atoms with Gasteiger partial charge in [-0.15, -0.1) is 0 Å². The Kier molecular flexibility index (Phi) is 3.69. The lowest BCUT2D eigenvalue weighted by Crippen LogP contribution is -2.37. The van der Waals surface area contributed by atoms with Crippen LogP contribution in [0.15, 0.2) is 34.2 Å². The first-order valence-corrected chi connectivity index (χ1v) is 6.78. The first-order valence-electron chi connectivity index (χ1n) is 6.78. The van der Waals surface area contributed by atoms with Crippen LogP contribution in [0.1, 0.15) is 17.8 Å². The normalized spacial score (nSPS) is 28.1. The zero-order valence-electron chi connectivity index (χ0n) is 11.8. The van der Waals surface area contributed by atoms with Crippen molar-refractivity contribution in [3.05, 3.63) is 51.1 Å². The van der Waals surface area contributed by atoms with E-state index in [2.05, 4.69) is 10.1 Å². The molecule has 1 aliphatic heterocycles. The number of aliphatic hydroxyl groups excluding tert-OH is 2. The van der Waals surface area contributed by atoms with Gasteiger partial charge in [0.25, 0.3) is 5.56 Å². The van der Waals surface area contributed by atoms with Gasteiger partial charge in [0.05, 0.1) is 6.61 Å². The molecule has 9 heteroatoms. The van der Waals surface area contributed by atoms with Crippen molar-refractivity contribution < 1.29 is 14.9 Å². The van der Waals surface area contributed by atoms with Crippen LogP contribution in [0.5, 0.6) is 0 Å². The molecule has 22 heavy (non-hydrogen) atoms. The predicted molar refractivity (Wildman–Crippen MR) is 74.3 cm³/mol. The highest BCUT2D eigenvalue weighted by Gasteiger charge is 2.46. The molecule has 1 saturated heterocycles. The zero-order chi connectivity index (χ0) is 15.9. The van der Waals surface area contributed by atoms with E-state index in [1.54, 1.807) is 25.4 Å². The summed E-state index contributed by atoms with van der Waals surface area (Å²) in [7, 11) is 0. The lowest BCUT2D eigenvalue weighted by molar-refractivity contribution is -0.0536. The molecule has 118 valence electrons. The van der Waals surface area contributed by atoms with E-state index in [4.69, 9.17) is 4.74 Å². The Labute approximate surface area is 124 Å². The second-order valence-electron chi connectivity index (χ2n) is 5.19. The van der Waals surface area contributed by atoms with E-state index in [1.807, 2.05) is 0 Å². The van der Waals surface area contributed by atoms with Crippen LogP contribution in [-0.2, 0) is 4.74 Å². The number of hydrogen-bond acceptors (Lipinski definition) is 6. The summed E-state index contributed by atoms with van der Waals surface area (Å²) in [6, 6.07) is 1.05. The molecule has 0 bridgehead atoms. The van der Waals surface area contributed by atoms with Crippen molar-refractivity contribution in [3.63, 3.8) is 0 Å². The minimum atomic E-state index is -1.11. The summed E-state index contributed by atoms with van der Waals surface area (Å²) in [5, 5.41) is 24.0. The van der Waals surface area contributed by atoms with Crippen molar-refractivity contribution in [1.82, 2.24) is 19.3 Å². The number of hydrogen-bond donors (Lipinski definition) is 3. The summed E-state index contributed by atoms with van der Waals surface area (Å²) in [6.07, 6.45) is 1.66. The molecule has 0 aromatic carbocycles. The number of aromatic nitrogens is 4. The van der Waals surface area contributed by atoms with Gasteiger partial charge in [0.15, 0.2) is 6.23 Å². The molecule has 4 atom stereocenters. The molecule has 3 rings (SSSR count). The van der Waals surface area contributed by atoms with Crippen molar-refractivity contribution >= 4 is 0 Å².